The SMILES string of the molecule is CC1CCCN1C(=O)NC1CCC(C(=O)O)C(C)(C)C1C. The quantitative estimate of drug-likeness (QED) is 0.823. The first-order chi connectivity index (χ1) is 9.75. The Hall–Kier alpha value is -1.26. The van der Waals surface area contributed by atoms with Crippen molar-refractivity contribution in [3.63, 3.8) is 0 Å². The van der Waals surface area contributed by atoms with Crippen LogP contribution in [0.25, 0.3) is 0 Å². The lowest BCUT2D eigenvalue weighted by Gasteiger charge is -2.46. The van der Waals surface area contributed by atoms with Crippen LogP contribution in [0.5, 0.6) is 0 Å². The van der Waals surface area contributed by atoms with Crippen LogP contribution in [-0.4, -0.2) is 40.6 Å². The minimum Gasteiger partial charge on any atom is -0.481 e. The molecule has 2 fully saturated rings. The molecule has 4 unspecified atom stereocenters. The smallest absolute Gasteiger partial charge is 0.317 e. The Bertz CT molecular complexity index is 422. The van der Waals surface area contributed by atoms with Crippen molar-refractivity contribution >= 4 is 12.0 Å². The highest BCUT2D eigenvalue weighted by Crippen LogP contribution is 2.45. The number of urea groups is 1. The van der Waals surface area contributed by atoms with Gasteiger partial charge in [0, 0.05) is 18.6 Å². The number of amides is 2. The van der Waals surface area contributed by atoms with E-state index in [0.717, 1.165) is 25.8 Å². The summed E-state index contributed by atoms with van der Waals surface area (Å²) in [6, 6.07) is 0.390. The summed E-state index contributed by atoms with van der Waals surface area (Å²) in [6.07, 6.45) is 3.52. The molecule has 120 valence electrons. The molecule has 0 spiro atoms. The van der Waals surface area contributed by atoms with Crippen LogP contribution in [0.2, 0.25) is 0 Å². The van der Waals surface area contributed by atoms with E-state index in [-0.39, 0.29) is 29.3 Å². The number of nitrogens with zero attached hydrogens (tertiary/aromatic N) is 1. The summed E-state index contributed by atoms with van der Waals surface area (Å²) in [6.45, 7) is 8.99. The summed E-state index contributed by atoms with van der Waals surface area (Å²) in [4.78, 5) is 25.7. The second-order valence-electron chi connectivity index (χ2n) is 7.32. The van der Waals surface area contributed by atoms with Crippen molar-refractivity contribution in [3.8, 4) is 0 Å². The van der Waals surface area contributed by atoms with Crippen LogP contribution in [0.15, 0.2) is 0 Å². The summed E-state index contributed by atoms with van der Waals surface area (Å²) in [5.74, 6) is -0.898. The van der Waals surface area contributed by atoms with Crippen LogP contribution in [-0.2, 0) is 4.79 Å². The molecule has 1 aliphatic heterocycles. The summed E-state index contributed by atoms with van der Waals surface area (Å²) in [7, 11) is 0. The predicted molar refractivity (Wildman–Crippen MR) is 81.0 cm³/mol. The van der Waals surface area contributed by atoms with Gasteiger partial charge in [-0.25, -0.2) is 4.79 Å². The molecular weight excluding hydrogens is 268 g/mol. The van der Waals surface area contributed by atoms with E-state index >= 15 is 0 Å². The van der Waals surface area contributed by atoms with Crippen LogP contribution < -0.4 is 5.32 Å². The van der Waals surface area contributed by atoms with Gasteiger partial charge in [0.2, 0.25) is 0 Å². The average Bonchev–Trinajstić information content (AvgIpc) is 2.81. The molecule has 5 heteroatoms. The first-order valence-corrected chi connectivity index (χ1v) is 8.05. The van der Waals surface area contributed by atoms with Crippen molar-refractivity contribution in [1.82, 2.24) is 10.2 Å². The van der Waals surface area contributed by atoms with Gasteiger partial charge < -0.3 is 15.3 Å². The number of hydrogen-bond acceptors (Lipinski definition) is 2. The van der Waals surface area contributed by atoms with Gasteiger partial charge in [0.1, 0.15) is 0 Å². The molecule has 2 N–H and O–H groups in total. The second-order valence-corrected chi connectivity index (χ2v) is 7.32. The number of rotatable bonds is 2. The summed E-state index contributed by atoms with van der Waals surface area (Å²) in [5, 5.41) is 12.5. The number of carboxylic acid groups (broad SMARTS) is 1. The lowest BCUT2D eigenvalue weighted by Crippen LogP contribution is -2.55. The Morgan fingerprint density at radius 1 is 1.19 bits per heavy atom. The van der Waals surface area contributed by atoms with Crippen molar-refractivity contribution in [2.75, 3.05) is 6.54 Å². The fraction of sp³-hybridized carbons (Fsp3) is 0.875. The number of nitrogens with one attached hydrogen (secondary N) is 1. The minimum absolute atomic E-state index is 0.0152. The Balaban J connectivity index is 2.02. The molecule has 0 radical (unpaired) electrons. The highest BCUT2D eigenvalue weighted by atomic mass is 16.4. The van der Waals surface area contributed by atoms with Gasteiger partial charge in [-0.2, -0.15) is 0 Å². The van der Waals surface area contributed by atoms with Crippen molar-refractivity contribution in [3.05, 3.63) is 0 Å². The summed E-state index contributed by atoms with van der Waals surface area (Å²) >= 11 is 0. The molecule has 2 amide bonds. The van der Waals surface area contributed by atoms with Gasteiger partial charge in [0.15, 0.2) is 0 Å². The maximum absolute atomic E-state index is 12.4. The number of carbonyl (C=O) groups is 2. The van der Waals surface area contributed by atoms with Gasteiger partial charge in [0.05, 0.1) is 5.92 Å². The largest absolute Gasteiger partial charge is 0.481 e. The first kappa shape index (κ1) is 16.1. The maximum atomic E-state index is 12.4. The van der Waals surface area contributed by atoms with Crippen molar-refractivity contribution in [1.29, 1.82) is 0 Å². The third-order valence-electron chi connectivity index (χ3n) is 5.86. The lowest BCUT2D eigenvalue weighted by atomic mass is 9.61. The van der Waals surface area contributed by atoms with Crippen LogP contribution in [0.4, 0.5) is 4.79 Å². The van der Waals surface area contributed by atoms with Crippen molar-refractivity contribution < 1.29 is 14.7 Å². The third-order valence-corrected chi connectivity index (χ3v) is 5.86. The Morgan fingerprint density at radius 3 is 2.38 bits per heavy atom. The third kappa shape index (κ3) is 3.01. The number of aliphatic carboxylic acids is 1. The van der Waals surface area contributed by atoms with Crippen molar-refractivity contribution in [2.45, 2.75) is 65.5 Å². The molecule has 1 aliphatic carbocycles. The van der Waals surface area contributed by atoms with Gasteiger partial charge in [-0.3, -0.25) is 4.79 Å². The maximum Gasteiger partial charge on any atom is 0.317 e. The Kier molecular flexibility index (Phi) is 4.49. The number of likely N-dealkylation sites (tertiary alicyclic amines) is 1. The molecule has 0 aromatic heterocycles. The first-order valence-electron chi connectivity index (χ1n) is 8.05. The Morgan fingerprint density at radius 2 is 1.86 bits per heavy atom. The van der Waals surface area contributed by atoms with E-state index in [4.69, 9.17) is 0 Å². The van der Waals surface area contributed by atoms with Crippen LogP contribution >= 0.6 is 0 Å². The van der Waals surface area contributed by atoms with E-state index in [2.05, 4.69) is 19.2 Å². The van der Waals surface area contributed by atoms with E-state index in [1.54, 1.807) is 0 Å². The van der Waals surface area contributed by atoms with E-state index in [9.17, 15) is 14.7 Å². The van der Waals surface area contributed by atoms with E-state index in [0.29, 0.717) is 12.5 Å². The van der Waals surface area contributed by atoms with Gasteiger partial charge >= 0.3 is 12.0 Å². The normalized spacial score (nSPS) is 35.5. The summed E-state index contributed by atoms with van der Waals surface area (Å²) < 4.78 is 0. The van der Waals surface area contributed by atoms with E-state index in [1.807, 2.05) is 18.7 Å². The topological polar surface area (TPSA) is 69.6 Å². The highest BCUT2D eigenvalue weighted by molar-refractivity contribution is 5.75. The molecule has 1 saturated heterocycles. The number of hydrogen-bond donors (Lipinski definition) is 2. The monoisotopic (exact) mass is 296 g/mol. The molecular formula is C16H28N2O3. The van der Waals surface area contributed by atoms with Gasteiger partial charge in [0.25, 0.3) is 0 Å². The fourth-order valence-corrected chi connectivity index (χ4v) is 3.92. The van der Waals surface area contributed by atoms with Crippen molar-refractivity contribution in [2.24, 2.45) is 17.3 Å². The molecule has 0 aromatic carbocycles. The van der Waals surface area contributed by atoms with Gasteiger partial charge in [-0.1, -0.05) is 20.8 Å². The van der Waals surface area contributed by atoms with Gasteiger partial charge in [-0.05, 0) is 43.9 Å². The molecule has 5 nitrogen and oxygen atoms in total. The van der Waals surface area contributed by atoms with E-state index < -0.39 is 5.97 Å². The molecule has 1 saturated carbocycles. The zero-order chi connectivity index (χ0) is 15.8. The Labute approximate surface area is 127 Å². The summed E-state index contributed by atoms with van der Waals surface area (Å²) in [5.41, 5.74) is -0.307. The molecule has 2 aliphatic rings. The molecule has 1 heterocycles. The zero-order valence-electron chi connectivity index (χ0n) is 13.6. The minimum atomic E-state index is -0.718. The number of carbonyl (C=O) groups excluding carboxylic acids is 1. The fourth-order valence-electron chi connectivity index (χ4n) is 3.92. The number of carboxylic acids is 1. The molecule has 2 rings (SSSR count). The van der Waals surface area contributed by atoms with Crippen LogP contribution in [0.1, 0.15) is 53.4 Å². The molecule has 4 atom stereocenters. The standard InChI is InChI=1S/C16H28N2O3/c1-10-6-5-9-18(10)15(21)17-13-8-7-12(14(19)20)16(3,4)11(13)2/h10-13H,5-9H2,1-4H3,(H,17,21)(H,19,20). The predicted octanol–water partition coefficient (Wildman–Crippen LogP) is 2.71. The second kappa shape index (κ2) is 5.85. The molecule has 0 aromatic rings. The highest BCUT2D eigenvalue weighted by Gasteiger charge is 2.47. The van der Waals surface area contributed by atoms with Crippen LogP contribution in [0, 0.1) is 17.3 Å². The lowest BCUT2D eigenvalue weighted by molar-refractivity contribution is -0.150. The molecule has 21 heavy (non-hydrogen) atoms. The molecule has 0 bridgehead atoms. The average molecular weight is 296 g/mol. The van der Waals surface area contributed by atoms with E-state index in [1.165, 1.54) is 0 Å². The van der Waals surface area contributed by atoms with Crippen LogP contribution in [0.3, 0.4) is 0 Å². The zero-order valence-corrected chi connectivity index (χ0v) is 13.6. The van der Waals surface area contributed by atoms with Gasteiger partial charge in [-0.15, -0.1) is 0 Å².